The van der Waals surface area contributed by atoms with Crippen molar-refractivity contribution in [3.05, 3.63) is 29.8 Å². The average Bonchev–Trinajstić information content (AvgIpc) is 2.49. The normalized spacial score (nSPS) is 17.9. The first-order valence-corrected chi connectivity index (χ1v) is 7.54. The van der Waals surface area contributed by atoms with Gasteiger partial charge in [0.1, 0.15) is 5.75 Å². The molecule has 1 saturated heterocycles. The molecule has 0 spiro atoms. The lowest BCUT2D eigenvalue weighted by Crippen LogP contribution is -2.38. The number of hydrogen-bond acceptors (Lipinski definition) is 4. The highest BCUT2D eigenvalue weighted by atomic mass is 16.5. The van der Waals surface area contributed by atoms with Crippen LogP contribution in [-0.4, -0.2) is 50.4 Å². The van der Waals surface area contributed by atoms with Crippen LogP contribution in [-0.2, 0) is 11.2 Å². The average molecular weight is 278 g/mol. The van der Waals surface area contributed by atoms with Gasteiger partial charge in [-0.1, -0.05) is 18.2 Å². The summed E-state index contributed by atoms with van der Waals surface area (Å²) < 4.78 is 11.4. The molecule has 0 radical (unpaired) electrons. The Morgan fingerprint density at radius 3 is 2.80 bits per heavy atom. The van der Waals surface area contributed by atoms with E-state index in [1.54, 1.807) is 0 Å². The van der Waals surface area contributed by atoms with E-state index >= 15 is 0 Å². The van der Waals surface area contributed by atoms with Crippen LogP contribution in [0, 0.1) is 0 Å². The SMILES string of the molecule is CC(CCN1CCOCC1)Oc1ccccc1CCN. The number of benzene rings is 1. The van der Waals surface area contributed by atoms with E-state index in [0.29, 0.717) is 6.54 Å². The van der Waals surface area contributed by atoms with Gasteiger partial charge >= 0.3 is 0 Å². The predicted molar refractivity (Wildman–Crippen MR) is 81.2 cm³/mol. The zero-order valence-electron chi connectivity index (χ0n) is 12.4. The highest BCUT2D eigenvalue weighted by molar-refractivity contribution is 5.33. The second-order valence-corrected chi connectivity index (χ2v) is 5.32. The van der Waals surface area contributed by atoms with Gasteiger partial charge in [-0.2, -0.15) is 0 Å². The van der Waals surface area contributed by atoms with Crippen LogP contribution in [0.4, 0.5) is 0 Å². The van der Waals surface area contributed by atoms with Gasteiger partial charge in [-0.3, -0.25) is 4.90 Å². The van der Waals surface area contributed by atoms with E-state index in [4.69, 9.17) is 15.2 Å². The number of nitrogens with zero attached hydrogens (tertiary/aromatic N) is 1. The third kappa shape index (κ3) is 4.78. The third-order valence-corrected chi connectivity index (χ3v) is 3.67. The van der Waals surface area contributed by atoms with Crippen molar-refractivity contribution in [2.45, 2.75) is 25.9 Å². The van der Waals surface area contributed by atoms with Crippen LogP contribution in [0.15, 0.2) is 24.3 Å². The smallest absolute Gasteiger partial charge is 0.122 e. The Morgan fingerprint density at radius 2 is 2.05 bits per heavy atom. The molecule has 1 aromatic rings. The summed E-state index contributed by atoms with van der Waals surface area (Å²) in [5, 5.41) is 0. The second kappa shape index (κ2) is 8.25. The molecule has 4 nitrogen and oxygen atoms in total. The lowest BCUT2D eigenvalue weighted by Gasteiger charge is -2.28. The lowest BCUT2D eigenvalue weighted by molar-refractivity contribution is 0.0326. The van der Waals surface area contributed by atoms with E-state index < -0.39 is 0 Å². The van der Waals surface area contributed by atoms with Gasteiger partial charge in [-0.05, 0) is 37.9 Å². The molecule has 1 fully saturated rings. The Bertz CT molecular complexity index is 392. The molecular formula is C16H26N2O2. The number of nitrogens with two attached hydrogens (primary N) is 1. The van der Waals surface area contributed by atoms with Gasteiger partial charge in [0.2, 0.25) is 0 Å². The van der Waals surface area contributed by atoms with Crippen molar-refractivity contribution in [1.29, 1.82) is 0 Å². The first-order chi connectivity index (χ1) is 9.79. The molecule has 0 saturated carbocycles. The molecule has 2 N–H and O–H groups in total. The first kappa shape index (κ1) is 15.3. The second-order valence-electron chi connectivity index (χ2n) is 5.32. The van der Waals surface area contributed by atoms with Crippen molar-refractivity contribution in [1.82, 2.24) is 4.90 Å². The van der Waals surface area contributed by atoms with E-state index in [1.165, 1.54) is 5.56 Å². The van der Waals surface area contributed by atoms with Gasteiger partial charge in [0, 0.05) is 19.6 Å². The highest BCUT2D eigenvalue weighted by Crippen LogP contribution is 2.20. The Hall–Kier alpha value is -1.10. The van der Waals surface area contributed by atoms with Crippen LogP contribution in [0.1, 0.15) is 18.9 Å². The molecule has 1 atom stereocenters. The molecule has 0 amide bonds. The summed E-state index contributed by atoms with van der Waals surface area (Å²) in [4.78, 5) is 2.44. The number of rotatable bonds is 7. The van der Waals surface area contributed by atoms with Gasteiger partial charge < -0.3 is 15.2 Å². The Kier molecular flexibility index (Phi) is 6.30. The summed E-state index contributed by atoms with van der Waals surface area (Å²) in [6.45, 7) is 7.65. The van der Waals surface area contributed by atoms with Crippen molar-refractivity contribution in [3.63, 3.8) is 0 Å². The fourth-order valence-corrected chi connectivity index (χ4v) is 2.45. The molecule has 20 heavy (non-hydrogen) atoms. The molecule has 112 valence electrons. The fraction of sp³-hybridized carbons (Fsp3) is 0.625. The predicted octanol–water partition coefficient (Wildman–Crippen LogP) is 1.68. The Balaban J connectivity index is 1.79. The van der Waals surface area contributed by atoms with Gasteiger partial charge in [0.15, 0.2) is 0 Å². The van der Waals surface area contributed by atoms with Crippen LogP contribution >= 0.6 is 0 Å². The topological polar surface area (TPSA) is 47.7 Å². The van der Waals surface area contributed by atoms with Crippen LogP contribution in [0.2, 0.25) is 0 Å². The standard InChI is InChI=1S/C16H26N2O2/c1-14(7-9-18-10-12-19-13-11-18)20-16-5-3-2-4-15(16)6-8-17/h2-5,14H,6-13,17H2,1H3. The Morgan fingerprint density at radius 1 is 1.30 bits per heavy atom. The molecule has 1 aliphatic heterocycles. The molecule has 1 aliphatic rings. The van der Waals surface area contributed by atoms with Gasteiger partial charge in [-0.25, -0.2) is 0 Å². The van der Waals surface area contributed by atoms with Gasteiger partial charge in [0.05, 0.1) is 19.3 Å². The van der Waals surface area contributed by atoms with Crippen LogP contribution < -0.4 is 10.5 Å². The van der Waals surface area contributed by atoms with Gasteiger partial charge in [-0.15, -0.1) is 0 Å². The van der Waals surface area contributed by atoms with E-state index in [1.807, 2.05) is 18.2 Å². The maximum absolute atomic E-state index is 6.08. The quantitative estimate of drug-likeness (QED) is 0.824. The van der Waals surface area contributed by atoms with Crippen LogP contribution in [0.25, 0.3) is 0 Å². The van der Waals surface area contributed by atoms with E-state index in [9.17, 15) is 0 Å². The number of hydrogen-bond donors (Lipinski definition) is 1. The molecule has 0 aromatic heterocycles. The summed E-state index contributed by atoms with van der Waals surface area (Å²) in [7, 11) is 0. The highest BCUT2D eigenvalue weighted by Gasteiger charge is 2.13. The summed E-state index contributed by atoms with van der Waals surface area (Å²) in [6.07, 6.45) is 2.13. The molecule has 1 unspecified atom stereocenters. The first-order valence-electron chi connectivity index (χ1n) is 7.54. The largest absolute Gasteiger partial charge is 0.490 e. The Labute approximate surface area is 121 Å². The van der Waals surface area contributed by atoms with Crippen LogP contribution in [0.5, 0.6) is 5.75 Å². The summed E-state index contributed by atoms with van der Waals surface area (Å²) in [5.41, 5.74) is 6.84. The zero-order valence-corrected chi connectivity index (χ0v) is 12.4. The molecule has 1 aromatic carbocycles. The lowest BCUT2D eigenvalue weighted by atomic mass is 10.1. The van der Waals surface area contributed by atoms with Crippen molar-refractivity contribution in [2.24, 2.45) is 5.73 Å². The fourth-order valence-electron chi connectivity index (χ4n) is 2.45. The molecular weight excluding hydrogens is 252 g/mol. The van der Waals surface area contributed by atoms with E-state index in [0.717, 1.165) is 51.4 Å². The molecule has 2 rings (SSSR count). The third-order valence-electron chi connectivity index (χ3n) is 3.67. The minimum absolute atomic E-state index is 0.219. The summed E-state index contributed by atoms with van der Waals surface area (Å²) in [5.74, 6) is 0.979. The minimum Gasteiger partial charge on any atom is -0.490 e. The molecule has 4 heteroatoms. The van der Waals surface area contributed by atoms with Crippen LogP contribution in [0.3, 0.4) is 0 Å². The number of morpholine rings is 1. The molecule has 0 bridgehead atoms. The number of ether oxygens (including phenoxy) is 2. The van der Waals surface area contributed by atoms with Crippen molar-refractivity contribution >= 4 is 0 Å². The van der Waals surface area contributed by atoms with E-state index in [2.05, 4.69) is 17.9 Å². The summed E-state index contributed by atoms with van der Waals surface area (Å²) in [6, 6.07) is 8.19. The maximum atomic E-state index is 6.08. The maximum Gasteiger partial charge on any atom is 0.122 e. The van der Waals surface area contributed by atoms with Crippen molar-refractivity contribution in [2.75, 3.05) is 39.4 Å². The minimum atomic E-state index is 0.219. The molecule has 1 heterocycles. The number of para-hydroxylation sites is 1. The van der Waals surface area contributed by atoms with E-state index in [-0.39, 0.29) is 6.10 Å². The van der Waals surface area contributed by atoms with Crippen molar-refractivity contribution in [3.8, 4) is 5.75 Å². The van der Waals surface area contributed by atoms with Gasteiger partial charge in [0.25, 0.3) is 0 Å². The molecule has 0 aliphatic carbocycles. The monoisotopic (exact) mass is 278 g/mol. The summed E-state index contributed by atoms with van der Waals surface area (Å²) >= 11 is 0. The van der Waals surface area contributed by atoms with Crippen molar-refractivity contribution < 1.29 is 9.47 Å². The zero-order chi connectivity index (χ0) is 14.2.